The van der Waals surface area contributed by atoms with Crippen LogP contribution in [0.4, 0.5) is 0 Å². The second kappa shape index (κ2) is 6.11. The highest BCUT2D eigenvalue weighted by molar-refractivity contribution is 7.99. The number of aromatic nitrogens is 2. The van der Waals surface area contributed by atoms with Crippen LogP contribution in [0, 0.1) is 0 Å². The molecule has 1 unspecified atom stereocenters. The van der Waals surface area contributed by atoms with Crippen LogP contribution in [0.2, 0.25) is 0 Å². The van der Waals surface area contributed by atoms with E-state index in [1.165, 1.54) is 5.56 Å². The average molecular weight is 283 g/mol. The Balaban J connectivity index is 1.86. The number of hydrogen-bond donors (Lipinski definition) is 2. The van der Waals surface area contributed by atoms with E-state index in [9.17, 15) is 0 Å². The van der Waals surface area contributed by atoms with Crippen LogP contribution in [-0.4, -0.2) is 23.6 Å². The first-order valence-corrected chi connectivity index (χ1v) is 7.56. The van der Waals surface area contributed by atoms with Crippen molar-refractivity contribution in [2.45, 2.75) is 10.4 Å². The Morgan fingerprint density at radius 1 is 1.10 bits per heavy atom. The molecule has 3 aromatic rings. The zero-order valence-corrected chi connectivity index (χ0v) is 12.2. The van der Waals surface area contributed by atoms with Crippen LogP contribution >= 0.6 is 11.8 Å². The van der Waals surface area contributed by atoms with Crippen molar-refractivity contribution < 1.29 is 0 Å². The minimum absolute atomic E-state index is 0.349. The maximum atomic E-state index is 4.64. The molecule has 102 valence electrons. The summed E-state index contributed by atoms with van der Waals surface area (Å²) in [6.45, 7) is 0.908. The zero-order chi connectivity index (χ0) is 13.8. The van der Waals surface area contributed by atoms with E-state index < -0.39 is 0 Å². The lowest BCUT2D eigenvalue weighted by Crippen LogP contribution is -2.15. The SMILES string of the molecule is CNCC(Sc1nc2ccccc2[nH]1)c1ccccc1. The molecule has 4 heteroatoms. The molecule has 0 aliphatic rings. The molecule has 2 N–H and O–H groups in total. The number of thioether (sulfide) groups is 1. The van der Waals surface area contributed by atoms with Gasteiger partial charge in [0, 0.05) is 11.8 Å². The predicted molar refractivity (Wildman–Crippen MR) is 85.1 cm³/mol. The van der Waals surface area contributed by atoms with Crippen LogP contribution in [0.15, 0.2) is 59.8 Å². The van der Waals surface area contributed by atoms with Crippen LogP contribution in [0.1, 0.15) is 10.8 Å². The molecule has 1 atom stereocenters. The quantitative estimate of drug-likeness (QED) is 0.703. The first kappa shape index (κ1) is 13.2. The standard InChI is InChI=1S/C16H17N3S/c1-17-11-15(12-7-3-2-4-8-12)20-16-18-13-9-5-6-10-14(13)19-16/h2-10,15,17H,11H2,1H3,(H,18,19). The third-order valence-corrected chi connectivity index (χ3v) is 4.32. The predicted octanol–water partition coefficient (Wildman–Crippen LogP) is 3.62. The number of hydrogen-bond acceptors (Lipinski definition) is 3. The fourth-order valence-electron chi connectivity index (χ4n) is 2.20. The van der Waals surface area contributed by atoms with E-state index >= 15 is 0 Å². The molecule has 0 bridgehead atoms. The van der Waals surface area contributed by atoms with Crippen molar-refractivity contribution in [2.24, 2.45) is 0 Å². The van der Waals surface area contributed by atoms with Gasteiger partial charge in [0.1, 0.15) is 0 Å². The molecular weight excluding hydrogens is 266 g/mol. The van der Waals surface area contributed by atoms with Gasteiger partial charge in [-0.1, -0.05) is 54.2 Å². The molecule has 0 fully saturated rings. The number of aromatic amines is 1. The van der Waals surface area contributed by atoms with Gasteiger partial charge in [0.15, 0.2) is 5.16 Å². The summed E-state index contributed by atoms with van der Waals surface area (Å²) < 4.78 is 0. The van der Waals surface area contributed by atoms with Gasteiger partial charge in [0.05, 0.1) is 11.0 Å². The maximum Gasteiger partial charge on any atom is 0.167 e. The van der Waals surface area contributed by atoms with Crippen molar-refractivity contribution in [3.05, 3.63) is 60.2 Å². The molecule has 2 aromatic carbocycles. The molecule has 0 spiro atoms. The number of rotatable bonds is 5. The second-order valence-corrected chi connectivity index (χ2v) is 5.83. The van der Waals surface area contributed by atoms with Gasteiger partial charge in [-0.15, -0.1) is 0 Å². The fourth-order valence-corrected chi connectivity index (χ4v) is 3.33. The molecule has 3 nitrogen and oxygen atoms in total. The van der Waals surface area contributed by atoms with Crippen molar-refractivity contribution in [1.82, 2.24) is 15.3 Å². The van der Waals surface area contributed by atoms with Gasteiger partial charge in [-0.05, 0) is 24.7 Å². The van der Waals surface area contributed by atoms with Gasteiger partial charge in [0.25, 0.3) is 0 Å². The van der Waals surface area contributed by atoms with Gasteiger partial charge in [-0.3, -0.25) is 0 Å². The van der Waals surface area contributed by atoms with E-state index in [4.69, 9.17) is 0 Å². The smallest absolute Gasteiger partial charge is 0.167 e. The van der Waals surface area contributed by atoms with E-state index in [0.29, 0.717) is 5.25 Å². The van der Waals surface area contributed by atoms with Crippen LogP contribution in [-0.2, 0) is 0 Å². The summed E-state index contributed by atoms with van der Waals surface area (Å²) in [5.74, 6) is 0. The first-order chi connectivity index (χ1) is 9.86. The summed E-state index contributed by atoms with van der Waals surface area (Å²) in [6, 6.07) is 18.7. The number of likely N-dealkylation sites (N-methyl/N-ethyl adjacent to an activating group) is 1. The average Bonchev–Trinajstić information content (AvgIpc) is 2.90. The molecular formula is C16H17N3S. The van der Waals surface area contributed by atoms with E-state index in [2.05, 4.69) is 45.6 Å². The lowest BCUT2D eigenvalue weighted by molar-refractivity contribution is 0.775. The van der Waals surface area contributed by atoms with Crippen LogP contribution in [0.5, 0.6) is 0 Å². The van der Waals surface area contributed by atoms with Crippen molar-refractivity contribution >= 4 is 22.8 Å². The third kappa shape index (κ3) is 2.86. The Bertz CT molecular complexity index is 645. The minimum Gasteiger partial charge on any atom is -0.333 e. The number of nitrogens with zero attached hydrogens (tertiary/aromatic N) is 1. The van der Waals surface area contributed by atoms with Crippen LogP contribution in [0.25, 0.3) is 11.0 Å². The highest BCUT2D eigenvalue weighted by Gasteiger charge is 2.14. The topological polar surface area (TPSA) is 40.7 Å². The third-order valence-electron chi connectivity index (χ3n) is 3.18. The van der Waals surface area contributed by atoms with Crippen molar-refractivity contribution in [2.75, 3.05) is 13.6 Å². The number of nitrogens with one attached hydrogen (secondary N) is 2. The Hall–Kier alpha value is -1.78. The fraction of sp³-hybridized carbons (Fsp3) is 0.188. The van der Waals surface area contributed by atoms with Crippen molar-refractivity contribution in [1.29, 1.82) is 0 Å². The summed E-state index contributed by atoms with van der Waals surface area (Å²) in [5, 5.41) is 4.57. The zero-order valence-electron chi connectivity index (χ0n) is 11.3. The Morgan fingerprint density at radius 2 is 1.85 bits per heavy atom. The molecule has 0 saturated carbocycles. The highest BCUT2D eigenvalue weighted by atomic mass is 32.2. The van der Waals surface area contributed by atoms with Crippen molar-refractivity contribution in [3.8, 4) is 0 Å². The summed E-state index contributed by atoms with van der Waals surface area (Å²) in [7, 11) is 1.98. The summed E-state index contributed by atoms with van der Waals surface area (Å²) in [4.78, 5) is 8.02. The van der Waals surface area contributed by atoms with Gasteiger partial charge in [-0.2, -0.15) is 0 Å². The molecule has 0 amide bonds. The molecule has 0 radical (unpaired) electrons. The number of para-hydroxylation sites is 2. The number of H-pyrrole nitrogens is 1. The second-order valence-electron chi connectivity index (χ2n) is 4.63. The van der Waals surface area contributed by atoms with Gasteiger partial charge in [-0.25, -0.2) is 4.98 Å². The maximum absolute atomic E-state index is 4.64. The summed E-state index contributed by atoms with van der Waals surface area (Å²) in [6.07, 6.45) is 0. The van der Waals surface area contributed by atoms with Crippen LogP contribution < -0.4 is 5.32 Å². The summed E-state index contributed by atoms with van der Waals surface area (Å²) >= 11 is 1.76. The van der Waals surface area contributed by atoms with Gasteiger partial charge in [0.2, 0.25) is 0 Å². The summed E-state index contributed by atoms with van der Waals surface area (Å²) in [5.41, 5.74) is 3.42. The van der Waals surface area contributed by atoms with Crippen LogP contribution in [0.3, 0.4) is 0 Å². The number of imidazole rings is 1. The minimum atomic E-state index is 0.349. The largest absolute Gasteiger partial charge is 0.333 e. The van der Waals surface area contributed by atoms with Gasteiger partial charge >= 0.3 is 0 Å². The van der Waals surface area contributed by atoms with E-state index in [0.717, 1.165) is 22.7 Å². The van der Waals surface area contributed by atoms with E-state index in [1.807, 2.05) is 31.3 Å². The Morgan fingerprint density at radius 3 is 2.60 bits per heavy atom. The van der Waals surface area contributed by atoms with Gasteiger partial charge < -0.3 is 10.3 Å². The molecule has 20 heavy (non-hydrogen) atoms. The molecule has 0 aliphatic heterocycles. The Labute approximate surface area is 122 Å². The van der Waals surface area contributed by atoms with E-state index in [-0.39, 0.29) is 0 Å². The normalized spacial score (nSPS) is 12.7. The monoisotopic (exact) mass is 283 g/mol. The molecule has 1 aromatic heterocycles. The number of benzene rings is 2. The first-order valence-electron chi connectivity index (χ1n) is 6.68. The van der Waals surface area contributed by atoms with E-state index in [1.54, 1.807) is 11.8 Å². The highest BCUT2D eigenvalue weighted by Crippen LogP contribution is 2.33. The molecule has 3 rings (SSSR count). The lowest BCUT2D eigenvalue weighted by atomic mass is 10.1. The molecule has 1 heterocycles. The van der Waals surface area contributed by atoms with Crippen molar-refractivity contribution in [3.63, 3.8) is 0 Å². The molecule has 0 aliphatic carbocycles. The Kier molecular flexibility index (Phi) is 4.04. The number of fused-ring (bicyclic) bond motifs is 1. The molecule has 0 saturated heterocycles. The lowest BCUT2D eigenvalue weighted by Gasteiger charge is -2.14.